The minimum atomic E-state index is -3.74. The number of carbonyl (C=O) groups is 1. The Kier molecular flexibility index (Phi) is 7.27. The van der Waals surface area contributed by atoms with E-state index in [-0.39, 0.29) is 22.1 Å². The second-order valence-electron chi connectivity index (χ2n) is 7.10. The molecule has 1 aliphatic heterocycles. The number of nitrogens with one attached hydrogen (secondary N) is 1. The second kappa shape index (κ2) is 9.72. The van der Waals surface area contributed by atoms with Crippen LogP contribution in [-0.2, 0) is 16.6 Å². The van der Waals surface area contributed by atoms with Gasteiger partial charge in [0.15, 0.2) is 0 Å². The topological polar surface area (TPSA) is 79.0 Å². The van der Waals surface area contributed by atoms with E-state index >= 15 is 0 Å². The number of sulfonamides is 1. The van der Waals surface area contributed by atoms with Crippen LogP contribution in [0.5, 0.6) is 5.75 Å². The van der Waals surface area contributed by atoms with Crippen molar-refractivity contribution in [1.82, 2.24) is 9.62 Å². The Balaban J connectivity index is 1.69. The van der Waals surface area contributed by atoms with Gasteiger partial charge in [0.25, 0.3) is 5.91 Å². The predicted octanol–water partition coefficient (Wildman–Crippen LogP) is 2.43. The molecule has 2 aromatic rings. The fourth-order valence-corrected chi connectivity index (χ4v) is 5.12. The van der Waals surface area contributed by atoms with E-state index in [0.29, 0.717) is 6.54 Å². The molecule has 162 valence electrons. The molecular formula is C21H27N3O4S2. The van der Waals surface area contributed by atoms with E-state index in [0.717, 1.165) is 34.5 Å². The molecule has 7 nitrogen and oxygen atoms in total. The molecule has 0 unspecified atom stereocenters. The zero-order valence-electron chi connectivity index (χ0n) is 17.4. The maximum atomic E-state index is 12.6. The number of benzene rings is 2. The van der Waals surface area contributed by atoms with E-state index in [2.05, 4.69) is 22.3 Å². The van der Waals surface area contributed by atoms with Crippen LogP contribution in [0.2, 0.25) is 0 Å². The highest BCUT2D eigenvalue weighted by molar-refractivity contribution is 7.99. The molecule has 1 N–H and O–H groups in total. The van der Waals surface area contributed by atoms with Gasteiger partial charge in [0, 0.05) is 56.5 Å². The fourth-order valence-electron chi connectivity index (χ4n) is 3.15. The number of amides is 1. The van der Waals surface area contributed by atoms with Gasteiger partial charge in [-0.05, 0) is 35.9 Å². The number of rotatable bonds is 7. The molecule has 1 saturated heterocycles. The van der Waals surface area contributed by atoms with Crippen molar-refractivity contribution < 1.29 is 17.9 Å². The molecule has 30 heavy (non-hydrogen) atoms. The van der Waals surface area contributed by atoms with Crippen LogP contribution in [0.4, 0.5) is 5.69 Å². The molecule has 1 amide bonds. The van der Waals surface area contributed by atoms with Gasteiger partial charge < -0.3 is 15.0 Å². The molecule has 1 heterocycles. The molecule has 1 aliphatic rings. The van der Waals surface area contributed by atoms with Gasteiger partial charge in [-0.1, -0.05) is 12.1 Å². The van der Waals surface area contributed by atoms with Crippen molar-refractivity contribution >= 4 is 33.4 Å². The number of carbonyl (C=O) groups excluding carboxylic acids is 1. The van der Waals surface area contributed by atoms with Crippen LogP contribution in [-0.4, -0.2) is 64.4 Å². The molecule has 0 spiro atoms. The molecule has 2 aromatic carbocycles. The predicted molar refractivity (Wildman–Crippen MR) is 121 cm³/mol. The Morgan fingerprint density at radius 2 is 1.80 bits per heavy atom. The van der Waals surface area contributed by atoms with Crippen molar-refractivity contribution in [1.29, 1.82) is 0 Å². The second-order valence-corrected chi connectivity index (χ2v) is 10.4. The quantitative estimate of drug-likeness (QED) is 0.700. The first-order valence-corrected chi connectivity index (χ1v) is 12.2. The maximum Gasteiger partial charge on any atom is 0.251 e. The number of anilines is 1. The molecule has 0 aromatic heterocycles. The van der Waals surface area contributed by atoms with Crippen molar-refractivity contribution in [3.63, 3.8) is 0 Å². The summed E-state index contributed by atoms with van der Waals surface area (Å²) in [5, 5.41) is 2.85. The van der Waals surface area contributed by atoms with Crippen LogP contribution >= 0.6 is 11.8 Å². The van der Waals surface area contributed by atoms with Gasteiger partial charge in [0.05, 0.1) is 7.11 Å². The Morgan fingerprint density at radius 1 is 1.13 bits per heavy atom. The van der Waals surface area contributed by atoms with E-state index in [1.165, 1.54) is 39.0 Å². The summed E-state index contributed by atoms with van der Waals surface area (Å²) < 4.78 is 31.3. The van der Waals surface area contributed by atoms with E-state index < -0.39 is 10.0 Å². The van der Waals surface area contributed by atoms with Gasteiger partial charge in [-0.3, -0.25) is 4.79 Å². The molecule has 0 radical (unpaired) electrons. The van der Waals surface area contributed by atoms with Crippen molar-refractivity contribution in [3.05, 3.63) is 53.6 Å². The zero-order chi connectivity index (χ0) is 21.7. The third-order valence-electron chi connectivity index (χ3n) is 4.95. The summed E-state index contributed by atoms with van der Waals surface area (Å²) in [5.41, 5.74) is 2.44. The number of nitrogens with zero attached hydrogens (tertiary/aromatic N) is 2. The average molecular weight is 450 g/mol. The third-order valence-corrected chi connectivity index (χ3v) is 7.73. The molecule has 9 heteroatoms. The van der Waals surface area contributed by atoms with Gasteiger partial charge in [0.1, 0.15) is 10.6 Å². The van der Waals surface area contributed by atoms with Crippen molar-refractivity contribution in [2.24, 2.45) is 0 Å². The maximum absolute atomic E-state index is 12.6. The first-order valence-electron chi connectivity index (χ1n) is 9.63. The minimum Gasteiger partial charge on any atom is -0.495 e. The van der Waals surface area contributed by atoms with Crippen LogP contribution < -0.4 is 15.0 Å². The SMILES string of the molecule is COc1ccc(C(=O)NCc2ccc(N3CCSCC3)cc2)cc1S(=O)(=O)N(C)C. The van der Waals surface area contributed by atoms with Gasteiger partial charge in [-0.2, -0.15) is 11.8 Å². The normalized spacial score (nSPS) is 14.6. The van der Waals surface area contributed by atoms with Crippen LogP contribution in [0, 0.1) is 0 Å². The Labute approximate surface area is 182 Å². The van der Waals surface area contributed by atoms with Crippen molar-refractivity contribution in [2.45, 2.75) is 11.4 Å². The molecule has 0 atom stereocenters. The molecule has 0 saturated carbocycles. The largest absolute Gasteiger partial charge is 0.495 e. The van der Waals surface area contributed by atoms with Gasteiger partial charge in [-0.25, -0.2) is 12.7 Å². The molecule has 3 rings (SSSR count). The average Bonchev–Trinajstić information content (AvgIpc) is 2.77. The summed E-state index contributed by atoms with van der Waals surface area (Å²) in [4.78, 5) is 14.9. The van der Waals surface area contributed by atoms with Crippen molar-refractivity contribution in [3.8, 4) is 5.75 Å². The lowest BCUT2D eigenvalue weighted by Crippen LogP contribution is -2.32. The molecular weight excluding hydrogens is 422 g/mol. The van der Waals surface area contributed by atoms with Crippen LogP contribution in [0.1, 0.15) is 15.9 Å². The summed E-state index contributed by atoms with van der Waals surface area (Å²) in [6.45, 7) is 2.46. The van der Waals surface area contributed by atoms with Gasteiger partial charge in [0.2, 0.25) is 10.0 Å². The Hall–Kier alpha value is -2.23. The molecule has 0 bridgehead atoms. The van der Waals surface area contributed by atoms with E-state index in [1.807, 2.05) is 23.9 Å². The van der Waals surface area contributed by atoms with E-state index in [9.17, 15) is 13.2 Å². The summed E-state index contributed by atoms with van der Waals surface area (Å²) in [6.07, 6.45) is 0. The summed E-state index contributed by atoms with van der Waals surface area (Å²) >= 11 is 1.97. The van der Waals surface area contributed by atoms with E-state index in [4.69, 9.17) is 4.74 Å². The molecule has 1 fully saturated rings. The Bertz CT molecular complexity index is 986. The first kappa shape index (κ1) is 22.5. The number of ether oxygens (including phenoxy) is 1. The standard InChI is InChI=1S/C21H27N3O4S2/c1-23(2)30(26,27)20-14-17(6-9-19(20)28-3)21(25)22-15-16-4-7-18(8-5-16)24-10-12-29-13-11-24/h4-9,14H,10-13,15H2,1-3H3,(H,22,25). The fraction of sp³-hybridized carbons (Fsp3) is 0.381. The summed E-state index contributed by atoms with van der Waals surface area (Å²) in [7, 11) is 0.540. The zero-order valence-corrected chi connectivity index (χ0v) is 19.1. The lowest BCUT2D eigenvalue weighted by Gasteiger charge is -2.28. The highest BCUT2D eigenvalue weighted by atomic mass is 32.2. The lowest BCUT2D eigenvalue weighted by atomic mass is 10.1. The van der Waals surface area contributed by atoms with E-state index in [1.54, 1.807) is 6.07 Å². The number of hydrogen-bond donors (Lipinski definition) is 1. The highest BCUT2D eigenvalue weighted by Gasteiger charge is 2.24. The summed E-state index contributed by atoms with van der Waals surface area (Å²) in [5.74, 6) is 2.15. The number of methoxy groups -OCH3 is 1. The lowest BCUT2D eigenvalue weighted by molar-refractivity contribution is 0.0950. The third kappa shape index (κ3) is 5.08. The molecule has 0 aliphatic carbocycles. The smallest absolute Gasteiger partial charge is 0.251 e. The minimum absolute atomic E-state index is 0.0355. The van der Waals surface area contributed by atoms with Crippen molar-refractivity contribution in [2.75, 3.05) is 50.7 Å². The summed E-state index contributed by atoms with van der Waals surface area (Å²) in [6, 6.07) is 12.6. The Morgan fingerprint density at radius 3 is 2.40 bits per heavy atom. The highest BCUT2D eigenvalue weighted by Crippen LogP contribution is 2.27. The number of thioether (sulfide) groups is 1. The number of hydrogen-bond acceptors (Lipinski definition) is 6. The first-order chi connectivity index (χ1) is 14.3. The van der Waals surface area contributed by atoms with Crippen LogP contribution in [0.15, 0.2) is 47.4 Å². The van der Waals surface area contributed by atoms with Gasteiger partial charge in [-0.15, -0.1) is 0 Å². The van der Waals surface area contributed by atoms with Gasteiger partial charge >= 0.3 is 0 Å². The van der Waals surface area contributed by atoms with Crippen LogP contribution in [0.25, 0.3) is 0 Å². The van der Waals surface area contributed by atoms with Crippen LogP contribution in [0.3, 0.4) is 0 Å². The monoisotopic (exact) mass is 449 g/mol.